The monoisotopic (exact) mass is 205 g/mol. The van der Waals surface area contributed by atoms with Gasteiger partial charge in [-0.2, -0.15) is 0 Å². The Balaban J connectivity index is 1.98. The summed E-state index contributed by atoms with van der Waals surface area (Å²) in [5.41, 5.74) is 1.35. The van der Waals surface area contributed by atoms with Crippen LogP contribution >= 0.6 is 0 Å². The summed E-state index contributed by atoms with van der Waals surface area (Å²) < 4.78 is 0. The largest absolute Gasteiger partial charge is 0.366 e. The van der Waals surface area contributed by atoms with Crippen molar-refractivity contribution < 1.29 is 0 Å². The molecular formula is C12H19N3. The summed E-state index contributed by atoms with van der Waals surface area (Å²) in [4.78, 5) is 6.69. The summed E-state index contributed by atoms with van der Waals surface area (Å²) in [7, 11) is 2.16. The first kappa shape index (κ1) is 10.4. The van der Waals surface area contributed by atoms with E-state index in [0.717, 1.165) is 18.8 Å². The molecule has 1 aromatic heterocycles. The summed E-state index contributed by atoms with van der Waals surface area (Å²) in [5.74, 6) is 1.02. The van der Waals surface area contributed by atoms with E-state index in [2.05, 4.69) is 41.3 Å². The van der Waals surface area contributed by atoms with Crippen LogP contribution in [0.3, 0.4) is 0 Å². The molecule has 0 aromatic carbocycles. The maximum atomic E-state index is 4.35. The van der Waals surface area contributed by atoms with E-state index in [1.807, 2.05) is 6.20 Å². The van der Waals surface area contributed by atoms with Gasteiger partial charge in [-0.3, -0.25) is 0 Å². The van der Waals surface area contributed by atoms with Gasteiger partial charge in [-0.05, 0) is 44.1 Å². The highest BCUT2D eigenvalue weighted by atomic mass is 15.2. The standard InChI is InChI=1S/C12H19N3/c1-3-10-4-6-13-12(8-10)14-11-5-7-15(2)9-11/h4,6,8,11H,3,5,7,9H2,1-2H3,(H,13,14). The van der Waals surface area contributed by atoms with Gasteiger partial charge in [0.05, 0.1) is 0 Å². The van der Waals surface area contributed by atoms with Crippen molar-refractivity contribution >= 4 is 5.82 Å². The molecule has 1 unspecified atom stereocenters. The number of hydrogen-bond donors (Lipinski definition) is 1. The van der Waals surface area contributed by atoms with Crippen LogP contribution in [0.2, 0.25) is 0 Å². The van der Waals surface area contributed by atoms with Gasteiger partial charge in [0, 0.05) is 18.8 Å². The van der Waals surface area contributed by atoms with Gasteiger partial charge in [0.25, 0.3) is 0 Å². The molecule has 1 aromatic rings. The Hall–Kier alpha value is -1.09. The van der Waals surface area contributed by atoms with Crippen LogP contribution in [-0.2, 0) is 6.42 Å². The predicted octanol–water partition coefficient (Wildman–Crippen LogP) is 1.76. The number of pyridine rings is 1. The molecule has 0 bridgehead atoms. The normalized spacial score (nSPS) is 21.9. The third kappa shape index (κ3) is 2.69. The molecule has 1 N–H and O–H groups in total. The summed E-state index contributed by atoms with van der Waals surface area (Å²) in [6.45, 7) is 4.48. The Morgan fingerprint density at radius 2 is 2.47 bits per heavy atom. The van der Waals surface area contributed by atoms with E-state index >= 15 is 0 Å². The lowest BCUT2D eigenvalue weighted by atomic mass is 10.2. The molecule has 1 fully saturated rings. The lowest BCUT2D eigenvalue weighted by Crippen LogP contribution is -2.23. The molecule has 1 aliphatic heterocycles. The van der Waals surface area contributed by atoms with Crippen molar-refractivity contribution in [1.82, 2.24) is 9.88 Å². The van der Waals surface area contributed by atoms with E-state index in [-0.39, 0.29) is 0 Å². The fourth-order valence-electron chi connectivity index (χ4n) is 2.04. The first-order valence-electron chi connectivity index (χ1n) is 5.68. The number of nitrogens with zero attached hydrogens (tertiary/aromatic N) is 2. The van der Waals surface area contributed by atoms with Crippen molar-refractivity contribution in [3.8, 4) is 0 Å². The second-order valence-corrected chi connectivity index (χ2v) is 4.30. The Bertz CT molecular complexity index is 324. The third-order valence-corrected chi connectivity index (χ3v) is 2.98. The topological polar surface area (TPSA) is 28.2 Å². The van der Waals surface area contributed by atoms with Gasteiger partial charge < -0.3 is 10.2 Å². The van der Waals surface area contributed by atoms with Gasteiger partial charge in [-0.25, -0.2) is 4.98 Å². The summed E-state index contributed by atoms with van der Waals surface area (Å²) in [5, 5.41) is 3.49. The Labute approximate surface area is 91.5 Å². The van der Waals surface area contributed by atoms with Gasteiger partial charge in [0.2, 0.25) is 0 Å². The molecule has 2 rings (SSSR count). The lowest BCUT2D eigenvalue weighted by molar-refractivity contribution is 0.414. The van der Waals surface area contributed by atoms with E-state index in [4.69, 9.17) is 0 Å². The van der Waals surface area contributed by atoms with Crippen LogP contribution in [0, 0.1) is 0 Å². The van der Waals surface area contributed by atoms with E-state index in [9.17, 15) is 0 Å². The van der Waals surface area contributed by atoms with Crippen molar-refractivity contribution in [1.29, 1.82) is 0 Å². The minimum absolute atomic E-state index is 0.564. The van der Waals surface area contributed by atoms with Crippen molar-refractivity contribution in [2.24, 2.45) is 0 Å². The van der Waals surface area contributed by atoms with E-state index < -0.39 is 0 Å². The van der Waals surface area contributed by atoms with Gasteiger partial charge in [0.1, 0.15) is 5.82 Å². The fraction of sp³-hybridized carbons (Fsp3) is 0.583. The molecule has 2 heterocycles. The molecule has 1 aliphatic rings. The second-order valence-electron chi connectivity index (χ2n) is 4.30. The molecule has 3 heteroatoms. The minimum atomic E-state index is 0.564. The van der Waals surface area contributed by atoms with Crippen LogP contribution < -0.4 is 5.32 Å². The molecule has 82 valence electrons. The molecule has 0 aliphatic carbocycles. The highest BCUT2D eigenvalue weighted by Crippen LogP contribution is 2.14. The molecule has 3 nitrogen and oxygen atoms in total. The molecule has 15 heavy (non-hydrogen) atoms. The number of anilines is 1. The molecule has 1 atom stereocenters. The average Bonchev–Trinajstić information content (AvgIpc) is 2.64. The number of aromatic nitrogens is 1. The third-order valence-electron chi connectivity index (χ3n) is 2.98. The quantitative estimate of drug-likeness (QED) is 0.815. The van der Waals surface area contributed by atoms with Gasteiger partial charge in [0.15, 0.2) is 0 Å². The summed E-state index contributed by atoms with van der Waals surface area (Å²) in [6, 6.07) is 4.79. The SMILES string of the molecule is CCc1ccnc(NC2CCN(C)C2)c1. The molecule has 1 saturated heterocycles. The maximum absolute atomic E-state index is 4.35. The zero-order chi connectivity index (χ0) is 10.7. The van der Waals surface area contributed by atoms with Crippen LogP contribution in [0.4, 0.5) is 5.82 Å². The smallest absolute Gasteiger partial charge is 0.126 e. The number of rotatable bonds is 3. The average molecular weight is 205 g/mol. The zero-order valence-electron chi connectivity index (χ0n) is 9.53. The fourth-order valence-corrected chi connectivity index (χ4v) is 2.04. The molecule has 0 spiro atoms. The summed E-state index contributed by atoms with van der Waals surface area (Å²) >= 11 is 0. The Kier molecular flexibility index (Phi) is 3.21. The Morgan fingerprint density at radius 3 is 3.13 bits per heavy atom. The number of nitrogens with one attached hydrogen (secondary N) is 1. The first-order chi connectivity index (χ1) is 7.28. The second kappa shape index (κ2) is 4.62. The lowest BCUT2D eigenvalue weighted by Gasteiger charge is -2.13. The van der Waals surface area contributed by atoms with Crippen LogP contribution in [0.1, 0.15) is 18.9 Å². The highest BCUT2D eigenvalue weighted by Gasteiger charge is 2.19. The van der Waals surface area contributed by atoms with Crippen LogP contribution in [-0.4, -0.2) is 36.1 Å². The molecule has 0 radical (unpaired) electrons. The van der Waals surface area contributed by atoms with Gasteiger partial charge >= 0.3 is 0 Å². The first-order valence-corrected chi connectivity index (χ1v) is 5.68. The summed E-state index contributed by atoms with van der Waals surface area (Å²) in [6.07, 6.45) is 4.18. The van der Waals surface area contributed by atoms with E-state index in [1.54, 1.807) is 0 Å². The number of hydrogen-bond acceptors (Lipinski definition) is 3. The minimum Gasteiger partial charge on any atom is -0.366 e. The zero-order valence-corrected chi connectivity index (χ0v) is 9.53. The number of aryl methyl sites for hydroxylation is 1. The molecular weight excluding hydrogens is 186 g/mol. The van der Waals surface area contributed by atoms with Crippen LogP contribution in [0.25, 0.3) is 0 Å². The Morgan fingerprint density at radius 1 is 1.60 bits per heavy atom. The van der Waals surface area contributed by atoms with E-state index in [1.165, 1.54) is 18.5 Å². The molecule has 0 saturated carbocycles. The van der Waals surface area contributed by atoms with Crippen LogP contribution in [0.5, 0.6) is 0 Å². The molecule has 0 amide bonds. The van der Waals surface area contributed by atoms with Crippen molar-refractivity contribution in [3.05, 3.63) is 23.9 Å². The predicted molar refractivity (Wildman–Crippen MR) is 63.1 cm³/mol. The number of likely N-dealkylation sites (tertiary alicyclic amines) is 1. The van der Waals surface area contributed by atoms with Gasteiger partial charge in [-0.1, -0.05) is 6.92 Å². The van der Waals surface area contributed by atoms with Crippen molar-refractivity contribution in [2.75, 3.05) is 25.5 Å². The van der Waals surface area contributed by atoms with Crippen molar-refractivity contribution in [3.63, 3.8) is 0 Å². The van der Waals surface area contributed by atoms with E-state index in [0.29, 0.717) is 6.04 Å². The number of likely N-dealkylation sites (N-methyl/N-ethyl adjacent to an activating group) is 1. The highest BCUT2D eigenvalue weighted by molar-refractivity contribution is 5.38. The van der Waals surface area contributed by atoms with Gasteiger partial charge in [-0.15, -0.1) is 0 Å². The van der Waals surface area contributed by atoms with Crippen molar-refractivity contribution in [2.45, 2.75) is 25.8 Å². The van der Waals surface area contributed by atoms with Crippen LogP contribution in [0.15, 0.2) is 18.3 Å². The maximum Gasteiger partial charge on any atom is 0.126 e.